The molecule has 0 unspecified atom stereocenters. The van der Waals surface area contributed by atoms with Crippen LogP contribution in [-0.2, 0) is 19.1 Å². The van der Waals surface area contributed by atoms with E-state index in [4.69, 9.17) is 9.47 Å². The minimum Gasteiger partial charge on any atom is -0.388 e. The summed E-state index contributed by atoms with van der Waals surface area (Å²) in [6, 6.07) is 4.57. The van der Waals surface area contributed by atoms with Gasteiger partial charge in [-0.1, -0.05) is 6.07 Å². The third kappa shape index (κ3) is 8.92. The van der Waals surface area contributed by atoms with Crippen LogP contribution in [0.2, 0.25) is 0 Å². The van der Waals surface area contributed by atoms with Gasteiger partial charge in [0, 0.05) is 51.5 Å². The van der Waals surface area contributed by atoms with E-state index in [2.05, 4.69) is 5.32 Å². The molecule has 0 spiro atoms. The predicted molar refractivity (Wildman–Crippen MR) is 126 cm³/mol. The van der Waals surface area contributed by atoms with Gasteiger partial charge < -0.3 is 29.9 Å². The van der Waals surface area contributed by atoms with Gasteiger partial charge in [-0.05, 0) is 44.9 Å². The molecule has 3 N–H and O–H groups in total. The Hall–Kier alpha value is -2.11. The SMILES string of the molecule is CO[C@H]1CN(C(C)=O)CCCN(CC(=O)Nc2cccc(F)c2C)CCCCOC[C@H](O)[C@@H]1O. The van der Waals surface area contributed by atoms with Gasteiger partial charge in [-0.2, -0.15) is 0 Å². The first kappa shape index (κ1) is 28.1. The van der Waals surface area contributed by atoms with Crippen molar-refractivity contribution in [2.45, 2.75) is 51.4 Å². The number of methoxy groups -OCH3 is 1. The van der Waals surface area contributed by atoms with Crippen LogP contribution in [0.3, 0.4) is 0 Å². The number of nitrogens with zero attached hydrogens (tertiary/aromatic N) is 2. The summed E-state index contributed by atoms with van der Waals surface area (Å²) in [5.74, 6) is -0.784. The number of rotatable bonds is 4. The van der Waals surface area contributed by atoms with Crippen LogP contribution in [0.25, 0.3) is 0 Å². The van der Waals surface area contributed by atoms with Gasteiger partial charge in [-0.25, -0.2) is 4.39 Å². The van der Waals surface area contributed by atoms with E-state index in [0.717, 1.165) is 12.8 Å². The van der Waals surface area contributed by atoms with Crippen molar-refractivity contribution in [3.63, 3.8) is 0 Å². The van der Waals surface area contributed by atoms with Crippen molar-refractivity contribution >= 4 is 17.5 Å². The zero-order chi connectivity index (χ0) is 25.1. The predicted octanol–water partition coefficient (Wildman–Crippen LogP) is 1.16. The maximum Gasteiger partial charge on any atom is 0.238 e. The number of carbonyl (C=O) groups excluding carboxylic acids is 2. The Bertz CT molecular complexity index is 796. The highest BCUT2D eigenvalue weighted by Crippen LogP contribution is 2.17. The molecule has 0 aromatic heterocycles. The average molecular weight is 484 g/mol. The van der Waals surface area contributed by atoms with Gasteiger partial charge in [0.05, 0.1) is 13.2 Å². The molecule has 10 heteroatoms. The molecule has 0 radical (unpaired) electrons. The van der Waals surface area contributed by atoms with Crippen LogP contribution < -0.4 is 5.32 Å². The van der Waals surface area contributed by atoms with Gasteiger partial charge in [0.2, 0.25) is 11.8 Å². The Morgan fingerprint density at radius 1 is 1.21 bits per heavy atom. The van der Waals surface area contributed by atoms with Gasteiger partial charge in [0.15, 0.2) is 0 Å². The van der Waals surface area contributed by atoms with Crippen LogP contribution in [0.4, 0.5) is 10.1 Å². The van der Waals surface area contributed by atoms with E-state index in [9.17, 15) is 24.2 Å². The van der Waals surface area contributed by atoms with Gasteiger partial charge >= 0.3 is 0 Å². The van der Waals surface area contributed by atoms with Gasteiger partial charge in [-0.15, -0.1) is 0 Å². The van der Waals surface area contributed by atoms with Crippen LogP contribution in [0.15, 0.2) is 18.2 Å². The molecule has 9 nitrogen and oxygen atoms in total. The van der Waals surface area contributed by atoms with E-state index < -0.39 is 18.3 Å². The Balaban J connectivity index is 2.04. The van der Waals surface area contributed by atoms with Crippen LogP contribution >= 0.6 is 0 Å². The minimum absolute atomic E-state index is 0.0415. The molecule has 3 atom stereocenters. The highest BCUT2D eigenvalue weighted by molar-refractivity contribution is 5.92. The monoisotopic (exact) mass is 483 g/mol. The van der Waals surface area contributed by atoms with Crippen LogP contribution in [0, 0.1) is 12.7 Å². The van der Waals surface area contributed by atoms with Crippen LogP contribution in [0.5, 0.6) is 0 Å². The number of ether oxygens (including phenoxy) is 2. The molecular weight excluding hydrogens is 445 g/mol. The standard InChI is InChI=1S/C24H38FN3O6/c1-17-19(25)8-6-9-20(17)26-23(31)15-27-10-4-5-13-34-16-21(30)24(32)22(33-3)14-28(18(2)29)12-7-11-27/h6,8-9,21-22,24,30,32H,4-5,7,10-16H2,1-3H3,(H,26,31)/t21-,22-,24-/m0/s1. The van der Waals surface area contributed by atoms with Crippen LogP contribution in [-0.4, -0.2) is 103 Å². The lowest BCUT2D eigenvalue weighted by Crippen LogP contribution is -2.48. The molecule has 34 heavy (non-hydrogen) atoms. The summed E-state index contributed by atoms with van der Waals surface area (Å²) in [6.45, 7) is 5.32. The highest BCUT2D eigenvalue weighted by atomic mass is 19.1. The second-order valence-corrected chi connectivity index (χ2v) is 8.67. The molecule has 0 bridgehead atoms. The Morgan fingerprint density at radius 3 is 2.65 bits per heavy atom. The number of hydrogen-bond donors (Lipinski definition) is 3. The number of anilines is 1. The molecular formula is C24H38FN3O6. The van der Waals surface area contributed by atoms with Crippen molar-refractivity contribution in [1.29, 1.82) is 0 Å². The Labute approximate surface area is 200 Å². The number of benzene rings is 1. The highest BCUT2D eigenvalue weighted by Gasteiger charge is 2.29. The summed E-state index contributed by atoms with van der Waals surface area (Å²) < 4.78 is 24.6. The zero-order valence-corrected chi connectivity index (χ0v) is 20.3. The number of nitrogens with one attached hydrogen (secondary N) is 1. The van der Waals surface area contributed by atoms with Gasteiger partial charge in [0.25, 0.3) is 0 Å². The van der Waals surface area contributed by atoms with Crippen molar-refractivity contribution in [3.8, 4) is 0 Å². The van der Waals surface area contributed by atoms with Crippen molar-refractivity contribution < 1.29 is 33.7 Å². The van der Waals surface area contributed by atoms with E-state index in [-0.39, 0.29) is 37.3 Å². The first-order valence-corrected chi connectivity index (χ1v) is 11.7. The molecule has 1 fully saturated rings. The molecule has 1 aliphatic heterocycles. The van der Waals surface area contributed by atoms with E-state index >= 15 is 0 Å². The lowest BCUT2D eigenvalue weighted by Gasteiger charge is -2.31. The zero-order valence-electron chi connectivity index (χ0n) is 20.3. The number of aliphatic hydroxyl groups excluding tert-OH is 2. The Morgan fingerprint density at radius 2 is 1.94 bits per heavy atom. The van der Waals surface area contributed by atoms with Crippen molar-refractivity contribution in [2.24, 2.45) is 0 Å². The second kappa shape index (κ2) is 14.3. The van der Waals surface area contributed by atoms with Crippen molar-refractivity contribution in [2.75, 3.05) is 58.4 Å². The molecule has 1 saturated heterocycles. The van der Waals surface area contributed by atoms with Gasteiger partial charge in [0.1, 0.15) is 24.1 Å². The molecule has 1 aliphatic rings. The normalized spacial score (nSPS) is 24.2. The summed E-state index contributed by atoms with van der Waals surface area (Å²) in [4.78, 5) is 28.4. The lowest BCUT2D eigenvalue weighted by atomic mass is 10.1. The average Bonchev–Trinajstić information content (AvgIpc) is 2.80. The molecule has 1 aromatic rings. The molecule has 1 heterocycles. The minimum atomic E-state index is -1.19. The van der Waals surface area contributed by atoms with E-state index in [1.807, 2.05) is 4.90 Å². The first-order valence-electron chi connectivity index (χ1n) is 11.7. The summed E-state index contributed by atoms with van der Waals surface area (Å²) >= 11 is 0. The molecule has 2 amide bonds. The fraction of sp³-hybridized carbons (Fsp3) is 0.667. The quantitative estimate of drug-likeness (QED) is 0.589. The topological polar surface area (TPSA) is 112 Å². The lowest BCUT2D eigenvalue weighted by molar-refractivity contribution is -0.136. The van der Waals surface area contributed by atoms with E-state index in [0.29, 0.717) is 43.9 Å². The number of hydrogen-bond acceptors (Lipinski definition) is 7. The molecule has 2 rings (SSSR count). The second-order valence-electron chi connectivity index (χ2n) is 8.67. The smallest absolute Gasteiger partial charge is 0.238 e. The molecule has 192 valence electrons. The summed E-state index contributed by atoms with van der Waals surface area (Å²) in [6.07, 6.45) is -0.987. The third-order valence-corrected chi connectivity index (χ3v) is 6.04. The largest absolute Gasteiger partial charge is 0.388 e. The summed E-state index contributed by atoms with van der Waals surface area (Å²) in [5.41, 5.74) is 0.835. The van der Waals surface area contributed by atoms with Crippen molar-refractivity contribution in [3.05, 3.63) is 29.6 Å². The Kier molecular flexibility index (Phi) is 11.9. The fourth-order valence-corrected chi connectivity index (χ4v) is 3.90. The first-order chi connectivity index (χ1) is 16.2. The number of halogens is 1. The summed E-state index contributed by atoms with van der Waals surface area (Å²) in [7, 11) is 1.43. The number of amides is 2. The van der Waals surface area contributed by atoms with E-state index in [1.165, 1.54) is 20.1 Å². The molecule has 1 aromatic carbocycles. The maximum atomic E-state index is 13.8. The maximum absolute atomic E-state index is 13.8. The fourth-order valence-electron chi connectivity index (χ4n) is 3.90. The number of carbonyl (C=O) groups is 2. The molecule has 0 saturated carbocycles. The summed E-state index contributed by atoms with van der Waals surface area (Å²) in [5, 5.41) is 23.4. The van der Waals surface area contributed by atoms with Crippen molar-refractivity contribution in [1.82, 2.24) is 9.80 Å². The van der Waals surface area contributed by atoms with Crippen LogP contribution in [0.1, 0.15) is 31.7 Å². The number of aliphatic hydroxyl groups is 2. The van der Waals surface area contributed by atoms with E-state index in [1.54, 1.807) is 24.0 Å². The van der Waals surface area contributed by atoms with Gasteiger partial charge in [-0.3, -0.25) is 14.5 Å². The third-order valence-electron chi connectivity index (χ3n) is 6.04. The molecule has 0 aliphatic carbocycles.